The highest BCUT2D eigenvalue weighted by atomic mass is 32.1. The van der Waals surface area contributed by atoms with Crippen LogP contribution in [-0.4, -0.2) is 28.1 Å². The van der Waals surface area contributed by atoms with Gasteiger partial charge in [-0.15, -0.1) is 10.2 Å². The van der Waals surface area contributed by atoms with Gasteiger partial charge in [0.05, 0.1) is 0 Å². The van der Waals surface area contributed by atoms with E-state index in [0.29, 0.717) is 10.7 Å². The highest BCUT2D eigenvalue weighted by Crippen LogP contribution is 2.27. The number of aryl methyl sites for hydroxylation is 1. The molecule has 0 aliphatic heterocycles. The topological polar surface area (TPSA) is 84.0 Å². The fourth-order valence-corrected chi connectivity index (χ4v) is 3.89. The second-order valence-electron chi connectivity index (χ2n) is 6.99. The summed E-state index contributed by atoms with van der Waals surface area (Å²) in [6.07, 6.45) is 0. The number of aromatic nitrogens is 2. The molecule has 0 saturated carbocycles. The Kier molecular flexibility index (Phi) is 5.54. The predicted molar refractivity (Wildman–Crippen MR) is 120 cm³/mol. The highest BCUT2D eigenvalue weighted by Gasteiger charge is 2.19. The second-order valence-corrected chi connectivity index (χ2v) is 7.97. The van der Waals surface area contributed by atoms with Crippen LogP contribution < -0.4 is 10.6 Å². The molecule has 30 heavy (non-hydrogen) atoms. The molecule has 0 aliphatic carbocycles. The normalized spacial score (nSPS) is 11.8. The smallest absolute Gasteiger partial charge is 0.252 e. The Balaban J connectivity index is 1.43. The third-order valence-corrected chi connectivity index (χ3v) is 5.58. The summed E-state index contributed by atoms with van der Waals surface area (Å²) >= 11 is 1.29. The van der Waals surface area contributed by atoms with E-state index in [1.807, 2.05) is 67.6 Å². The lowest BCUT2D eigenvalue weighted by molar-refractivity contribution is -0.117. The summed E-state index contributed by atoms with van der Waals surface area (Å²) in [5.41, 5.74) is 2.61. The van der Waals surface area contributed by atoms with E-state index >= 15 is 0 Å². The SMILES string of the molecule is Cc1cccc(-c2nnc(NC(=O)[C@H](C)NC(=O)c3cccc4ccccc34)s2)c1. The van der Waals surface area contributed by atoms with Gasteiger partial charge in [0.1, 0.15) is 11.0 Å². The van der Waals surface area contributed by atoms with Crippen LogP contribution in [0.3, 0.4) is 0 Å². The van der Waals surface area contributed by atoms with Crippen LogP contribution >= 0.6 is 11.3 Å². The van der Waals surface area contributed by atoms with E-state index in [1.165, 1.54) is 11.3 Å². The molecule has 0 bridgehead atoms. The Morgan fingerprint density at radius 1 is 0.967 bits per heavy atom. The summed E-state index contributed by atoms with van der Waals surface area (Å²) in [4.78, 5) is 25.3. The zero-order valence-electron chi connectivity index (χ0n) is 16.5. The van der Waals surface area contributed by atoms with Gasteiger partial charge in [-0.1, -0.05) is 71.5 Å². The van der Waals surface area contributed by atoms with E-state index < -0.39 is 6.04 Å². The van der Waals surface area contributed by atoms with Gasteiger partial charge in [-0.3, -0.25) is 14.9 Å². The molecule has 2 amide bonds. The van der Waals surface area contributed by atoms with E-state index in [9.17, 15) is 9.59 Å². The number of amides is 2. The third kappa shape index (κ3) is 4.21. The molecule has 1 heterocycles. The maximum atomic E-state index is 12.7. The maximum Gasteiger partial charge on any atom is 0.252 e. The van der Waals surface area contributed by atoms with Gasteiger partial charge in [0.25, 0.3) is 5.91 Å². The molecule has 4 rings (SSSR count). The van der Waals surface area contributed by atoms with Crippen molar-refractivity contribution in [1.82, 2.24) is 15.5 Å². The lowest BCUT2D eigenvalue weighted by Gasteiger charge is -2.14. The predicted octanol–water partition coefficient (Wildman–Crippen LogP) is 4.42. The molecule has 3 aromatic carbocycles. The lowest BCUT2D eigenvalue weighted by Crippen LogP contribution is -2.41. The van der Waals surface area contributed by atoms with Crippen molar-refractivity contribution < 1.29 is 9.59 Å². The van der Waals surface area contributed by atoms with Crippen molar-refractivity contribution in [2.24, 2.45) is 0 Å². The quantitative estimate of drug-likeness (QED) is 0.504. The summed E-state index contributed by atoms with van der Waals surface area (Å²) in [5, 5.41) is 16.6. The van der Waals surface area contributed by atoms with Gasteiger partial charge < -0.3 is 5.32 Å². The van der Waals surface area contributed by atoms with Gasteiger partial charge in [-0.05, 0) is 36.8 Å². The van der Waals surface area contributed by atoms with Crippen LogP contribution in [0, 0.1) is 6.92 Å². The lowest BCUT2D eigenvalue weighted by atomic mass is 10.0. The van der Waals surface area contributed by atoms with E-state index in [4.69, 9.17) is 0 Å². The minimum Gasteiger partial charge on any atom is -0.340 e. The van der Waals surface area contributed by atoms with Crippen molar-refractivity contribution in [2.75, 3.05) is 5.32 Å². The van der Waals surface area contributed by atoms with Crippen LogP contribution in [0.1, 0.15) is 22.8 Å². The molecular weight excluding hydrogens is 396 g/mol. The molecule has 4 aromatic rings. The van der Waals surface area contributed by atoms with E-state index in [2.05, 4.69) is 20.8 Å². The number of carbonyl (C=O) groups excluding carboxylic acids is 2. The molecule has 0 saturated heterocycles. The molecule has 0 aliphatic rings. The Labute approximate surface area is 178 Å². The number of carbonyl (C=O) groups is 2. The average molecular weight is 417 g/mol. The molecule has 1 atom stereocenters. The minimum absolute atomic E-state index is 0.299. The van der Waals surface area contributed by atoms with Crippen LogP contribution in [0.4, 0.5) is 5.13 Å². The van der Waals surface area contributed by atoms with Gasteiger partial charge in [-0.2, -0.15) is 0 Å². The number of rotatable bonds is 5. The van der Waals surface area contributed by atoms with E-state index in [1.54, 1.807) is 13.0 Å². The van der Waals surface area contributed by atoms with E-state index in [0.717, 1.165) is 26.9 Å². The number of anilines is 1. The molecule has 0 fully saturated rings. The van der Waals surface area contributed by atoms with Crippen molar-refractivity contribution >= 4 is 39.1 Å². The molecule has 0 radical (unpaired) electrons. The van der Waals surface area contributed by atoms with Crippen molar-refractivity contribution in [3.05, 3.63) is 77.9 Å². The Morgan fingerprint density at radius 2 is 1.73 bits per heavy atom. The van der Waals surface area contributed by atoms with Gasteiger partial charge in [-0.25, -0.2) is 0 Å². The summed E-state index contributed by atoms with van der Waals surface area (Å²) in [5.74, 6) is -0.650. The summed E-state index contributed by atoms with van der Waals surface area (Å²) in [7, 11) is 0. The second kappa shape index (κ2) is 8.42. The van der Waals surface area contributed by atoms with Crippen molar-refractivity contribution in [3.63, 3.8) is 0 Å². The van der Waals surface area contributed by atoms with Gasteiger partial charge in [0, 0.05) is 11.1 Å². The first-order valence-electron chi connectivity index (χ1n) is 9.51. The van der Waals surface area contributed by atoms with Crippen LogP contribution in [0.2, 0.25) is 0 Å². The fraction of sp³-hybridized carbons (Fsp3) is 0.130. The monoisotopic (exact) mass is 416 g/mol. The zero-order chi connectivity index (χ0) is 21.1. The largest absolute Gasteiger partial charge is 0.340 e. The van der Waals surface area contributed by atoms with Crippen LogP contribution in [0.25, 0.3) is 21.3 Å². The Bertz CT molecular complexity index is 1230. The fourth-order valence-electron chi connectivity index (χ4n) is 3.15. The molecule has 6 nitrogen and oxygen atoms in total. The molecule has 7 heteroatoms. The Morgan fingerprint density at radius 3 is 2.57 bits per heavy atom. The first-order chi connectivity index (χ1) is 14.5. The maximum absolute atomic E-state index is 12.7. The number of hydrogen-bond donors (Lipinski definition) is 2. The zero-order valence-corrected chi connectivity index (χ0v) is 17.4. The molecule has 2 N–H and O–H groups in total. The molecule has 150 valence electrons. The van der Waals surface area contributed by atoms with Crippen molar-refractivity contribution in [2.45, 2.75) is 19.9 Å². The summed E-state index contributed by atoms with van der Waals surface area (Å²) < 4.78 is 0. The minimum atomic E-state index is -0.734. The number of benzene rings is 3. The van der Waals surface area contributed by atoms with Gasteiger partial charge >= 0.3 is 0 Å². The highest BCUT2D eigenvalue weighted by molar-refractivity contribution is 7.18. The number of nitrogens with zero attached hydrogens (tertiary/aromatic N) is 2. The number of nitrogens with one attached hydrogen (secondary N) is 2. The summed E-state index contributed by atoms with van der Waals surface area (Å²) in [6.45, 7) is 3.65. The van der Waals surface area contributed by atoms with Crippen molar-refractivity contribution in [3.8, 4) is 10.6 Å². The Hall–Kier alpha value is -3.58. The van der Waals surface area contributed by atoms with Crippen LogP contribution in [0.5, 0.6) is 0 Å². The first kappa shape index (κ1) is 19.7. The number of fused-ring (bicyclic) bond motifs is 1. The van der Waals surface area contributed by atoms with Crippen LogP contribution in [-0.2, 0) is 4.79 Å². The molecular formula is C23H20N4O2S. The molecule has 0 spiro atoms. The first-order valence-corrected chi connectivity index (χ1v) is 10.3. The standard InChI is InChI=1S/C23H20N4O2S/c1-14-7-5-10-17(13-14)22-26-27-23(30-22)25-20(28)15(2)24-21(29)19-12-6-9-16-8-3-4-11-18(16)19/h3-13,15H,1-2H3,(H,24,29)(H,25,27,28)/t15-/m0/s1. The molecule has 0 unspecified atom stereocenters. The molecule has 1 aromatic heterocycles. The van der Waals surface area contributed by atoms with Gasteiger partial charge in [0.2, 0.25) is 11.0 Å². The number of hydrogen-bond acceptors (Lipinski definition) is 5. The average Bonchev–Trinajstić information content (AvgIpc) is 3.21. The van der Waals surface area contributed by atoms with Crippen LogP contribution in [0.15, 0.2) is 66.7 Å². The third-order valence-electron chi connectivity index (χ3n) is 4.70. The summed E-state index contributed by atoms with van der Waals surface area (Å²) in [6, 6.07) is 20.4. The van der Waals surface area contributed by atoms with Gasteiger partial charge in [0.15, 0.2) is 0 Å². The van der Waals surface area contributed by atoms with Crippen molar-refractivity contribution in [1.29, 1.82) is 0 Å². The van der Waals surface area contributed by atoms with E-state index in [-0.39, 0.29) is 11.8 Å².